The Kier molecular flexibility index (Phi) is 8.88. The van der Waals surface area contributed by atoms with Gasteiger partial charge in [-0.25, -0.2) is 0 Å². The molecule has 2 aromatic carbocycles. The minimum atomic E-state index is -1.04. The second-order valence-corrected chi connectivity index (χ2v) is 10.0. The van der Waals surface area contributed by atoms with Crippen molar-refractivity contribution in [3.8, 4) is 5.75 Å². The van der Waals surface area contributed by atoms with E-state index in [0.29, 0.717) is 29.5 Å². The first-order valence-electron chi connectivity index (χ1n) is 11.9. The van der Waals surface area contributed by atoms with Crippen molar-refractivity contribution in [2.45, 2.75) is 40.2 Å². The molecule has 0 aliphatic rings. The van der Waals surface area contributed by atoms with Crippen LogP contribution in [-0.2, 0) is 4.79 Å². The fraction of sp³-hybridized carbons (Fsp3) is 0.333. The lowest BCUT2D eigenvalue weighted by Gasteiger charge is -2.32. The number of nitrogens with zero attached hydrogens (tertiary/aromatic N) is 2. The number of hydrogen-bond donors (Lipinski definition) is 3. The molecule has 0 saturated heterocycles. The standard InChI is InChI=1S/C27H33N5O4S/c1-15(2)12-13-30-26(34)23(18-7-10-20(36-5)11-8-18)32(19-9-6-16(3)17(4)14-19)27(35)24-21(28)22(25(29)33)31-37-24/h6-11,14-15,23H,12-13,28H2,1-5H3,(H2,29,33)(H,30,34). The van der Waals surface area contributed by atoms with Crippen molar-refractivity contribution in [3.05, 3.63) is 69.7 Å². The molecule has 37 heavy (non-hydrogen) atoms. The van der Waals surface area contributed by atoms with E-state index < -0.39 is 17.9 Å². The van der Waals surface area contributed by atoms with E-state index in [1.54, 1.807) is 37.4 Å². The number of nitrogens with one attached hydrogen (secondary N) is 1. The summed E-state index contributed by atoms with van der Waals surface area (Å²) in [5.74, 6) is -0.740. The van der Waals surface area contributed by atoms with Gasteiger partial charge in [0.1, 0.15) is 16.7 Å². The van der Waals surface area contributed by atoms with Crippen LogP contribution >= 0.6 is 11.5 Å². The van der Waals surface area contributed by atoms with Crippen LogP contribution in [0.3, 0.4) is 0 Å². The van der Waals surface area contributed by atoms with Crippen molar-refractivity contribution in [1.82, 2.24) is 9.69 Å². The van der Waals surface area contributed by atoms with E-state index in [4.69, 9.17) is 16.2 Å². The van der Waals surface area contributed by atoms with Gasteiger partial charge in [-0.15, -0.1) is 0 Å². The molecule has 196 valence electrons. The van der Waals surface area contributed by atoms with Crippen LogP contribution in [0.1, 0.15) is 63.2 Å². The first-order valence-corrected chi connectivity index (χ1v) is 12.7. The van der Waals surface area contributed by atoms with Crippen LogP contribution in [0.2, 0.25) is 0 Å². The first-order chi connectivity index (χ1) is 17.5. The van der Waals surface area contributed by atoms with Crippen LogP contribution in [0.15, 0.2) is 42.5 Å². The fourth-order valence-corrected chi connectivity index (χ4v) is 4.52. The number of carbonyl (C=O) groups is 3. The number of benzene rings is 2. The van der Waals surface area contributed by atoms with E-state index in [2.05, 4.69) is 23.5 Å². The molecule has 1 heterocycles. The summed E-state index contributed by atoms with van der Waals surface area (Å²) in [6.07, 6.45) is 0.780. The molecule has 3 rings (SSSR count). The molecular formula is C27H33N5O4S. The molecule has 0 saturated carbocycles. The normalized spacial score (nSPS) is 11.7. The predicted octanol–water partition coefficient (Wildman–Crippen LogP) is 4.00. The molecular weight excluding hydrogens is 490 g/mol. The molecule has 1 aromatic heterocycles. The third kappa shape index (κ3) is 6.26. The summed E-state index contributed by atoms with van der Waals surface area (Å²) in [7, 11) is 1.55. The molecule has 5 N–H and O–H groups in total. The van der Waals surface area contributed by atoms with Crippen LogP contribution in [0.5, 0.6) is 5.75 Å². The van der Waals surface area contributed by atoms with Crippen LogP contribution < -0.4 is 26.4 Å². The summed E-state index contributed by atoms with van der Waals surface area (Å²) in [6.45, 7) is 8.48. The number of carbonyl (C=O) groups excluding carboxylic acids is 3. The third-order valence-electron chi connectivity index (χ3n) is 6.10. The number of aromatic nitrogens is 1. The number of primary amides is 1. The van der Waals surface area contributed by atoms with Crippen molar-refractivity contribution in [3.63, 3.8) is 0 Å². The maximum atomic E-state index is 14.1. The van der Waals surface area contributed by atoms with Gasteiger partial charge < -0.3 is 21.5 Å². The number of ether oxygens (including phenoxy) is 1. The van der Waals surface area contributed by atoms with Crippen molar-refractivity contribution in [2.75, 3.05) is 24.3 Å². The van der Waals surface area contributed by atoms with Gasteiger partial charge in [-0.05, 0) is 78.7 Å². The summed E-state index contributed by atoms with van der Waals surface area (Å²) in [4.78, 5) is 41.0. The molecule has 0 radical (unpaired) electrons. The molecule has 0 spiro atoms. The minimum absolute atomic E-state index is 0.0283. The molecule has 3 aromatic rings. The average molecular weight is 524 g/mol. The summed E-state index contributed by atoms with van der Waals surface area (Å²) < 4.78 is 9.27. The molecule has 9 nitrogen and oxygen atoms in total. The van der Waals surface area contributed by atoms with Crippen molar-refractivity contribution in [2.24, 2.45) is 11.7 Å². The molecule has 0 aliphatic heterocycles. The lowest BCUT2D eigenvalue weighted by atomic mass is 10.0. The Morgan fingerprint density at radius 3 is 2.30 bits per heavy atom. The zero-order valence-corrected chi connectivity index (χ0v) is 22.5. The zero-order chi connectivity index (χ0) is 27.3. The molecule has 0 bridgehead atoms. The van der Waals surface area contributed by atoms with Crippen molar-refractivity contribution in [1.29, 1.82) is 0 Å². The highest BCUT2D eigenvalue weighted by atomic mass is 32.1. The van der Waals surface area contributed by atoms with Gasteiger partial charge in [0, 0.05) is 12.2 Å². The lowest BCUT2D eigenvalue weighted by molar-refractivity contribution is -0.122. The van der Waals surface area contributed by atoms with Crippen LogP contribution in [-0.4, -0.2) is 35.7 Å². The van der Waals surface area contributed by atoms with Crippen molar-refractivity contribution < 1.29 is 19.1 Å². The second-order valence-electron chi connectivity index (χ2n) is 9.23. The largest absolute Gasteiger partial charge is 0.497 e. The lowest BCUT2D eigenvalue weighted by Crippen LogP contribution is -2.44. The van der Waals surface area contributed by atoms with Crippen LogP contribution in [0.25, 0.3) is 0 Å². The number of nitrogen functional groups attached to an aromatic ring is 1. The SMILES string of the molecule is COc1ccc(C(C(=O)NCCC(C)C)N(C(=O)c2snc(C(N)=O)c2N)c2ccc(C)c(C)c2)cc1. The second kappa shape index (κ2) is 11.9. The van der Waals surface area contributed by atoms with Gasteiger partial charge >= 0.3 is 0 Å². The summed E-state index contributed by atoms with van der Waals surface area (Å²) >= 11 is 0.776. The van der Waals surface area contributed by atoms with Gasteiger partial charge in [0.05, 0.1) is 12.8 Å². The number of aryl methyl sites for hydroxylation is 2. The summed E-state index contributed by atoms with van der Waals surface area (Å²) in [5, 5.41) is 2.98. The van der Waals surface area contributed by atoms with Crippen molar-refractivity contribution >= 4 is 40.6 Å². The highest BCUT2D eigenvalue weighted by Gasteiger charge is 2.36. The maximum Gasteiger partial charge on any atom is 0.273 e. The molecule has 0 aliphatic carbocycles. The monoisotopic (exact) mass is 523 g/mol. The van der Waals surface area contributed by atoms with E-state index in [1.165, 1.54) is 4.90 Å². The Morgan fingerprint density at radius 1 is 1.08 bits per heavy atom. The molecule has 1 atom stereocenters. The Labute approximate surface area is 221 Å². The summed E-state index contributed by atoms with van der Waals surface area (Å²) in [6, 6.07) is 11.4. The van der Waals surface area contributed by atoms with Gasteiger partial charge in [-0.2, -0.15) is 4.37 Å². The van der Waals surface area contributed by atoms with Gasteiger partial charge in [-0.3, -0.25) is 19.3 Å². The Balaban J connectivity index is 2.19. The van der Waals surface area contributed by atoms with Gasteiger partial charge in [0.2, 0.25) is 5.91 Å². The van der Waals surface area contributed by atoms with E-state index >= 15 is 0 Å². The first kappa shape index (κ1) is 27.7. The average Bonchev–Trinajstić information content (AvgIpc) is 3.25. The van der Waals surface area contributed by atoms with Gasteiger partial charge in [-0.1, -0.05) is 32.0 Å². The van der Waals surface area contributed by atoms with Crippen LogP contribution in [0, 0.1) is 19.8 Å². The van der Waals surface area contributed by atoms with E-state index in [1.807, 2.05) is 26.0 Å². The summed E-state index contributed by atoms with van der Waals surface area (Å²) in [5.41, 5.74) is 14.3. The third-order valence-corrected chi connectivity index (χ3v) is 6.95. The van der Waals surface area contributed by atoms with E-state index in [0.717, 1.165) is 29.1 Å². The molecule has 10 heteroatoms. The quantitative estimate of drug-likeness (QED) is 0.367. The Morgan fingerprint density at radius 2 is 1.76 bits per heavy atom. The number of rotatable bonds is 10. The molecule has 3 amide bonds. The minimum Gasteiger partial charge on any atom is -0.497 e. The topological polar surface area (TPSA) is 141 Å². The Bertz CT molecular complexity index is 1290. The highest BCUT2D eigenvalue weighted by Crippen LogP contribution is 2.34. The van der Waals surface area contributed by atoms with E-state index in [-0.39, 0.29) is 22.2 Å². The number of hydrogen-bond acceptors (Lipinski definition) is 7. The maximum absolute atomic E-state index is 14.1. The molecule has 1 unspecified atom stereocenters. The zero-order valence-electron chi connectivity index (χ0n) is 21.7. The Hall–Kier alpha value is -3.92. The van der Waals surface area contributed by atoms with Gasteiger partial charge in [0.15, 0.2) is 5.69 Å². The predicted molar refractivity (Wildman–Crippen MR) is 146 cm³/mol. The molecule has 0 fully saturated rings. The smallest absolute Gasteiger partial charge is 0.273 e. The fourth-order valence-electron chi connectivity index (χ4n) is 3.78. The van der Waals surface area contributed by atoms with Gasteiger partial charge in [0.25, 0.3) is 11.8 Å². The number of nitrogens with two attached hydrogens (primary N) is 2. The number of amides is 3. The highest BCUT2D eigenvalue weighted by molar-refractivity contribution is 7.09. The number of methoxy groups -OCH3 is 1. The van der Waals surface area contributed by atoms with E-state index in [9.17, 15) is 14.4 Å². The number of anilines is 2. The van der Waals surface area contributed by atoms with Crippen LogP contribution in [0.4, 0.5) is 11.4 Å².